The number of hydrogen-bond acceptors (Lipinski definition) is 2. The molecule has 3 heteroatoms. The molecule has 0 spiro atoms. The molecule has 0 aliphatic rings. The van der Waals surface area contributed by atoms with E-state index >= 15 is 0 Å². The van der Waals surface area contributed by atoms with Gasteiger partial charge in [0, 0.05) is 19.1 Å². The third kappa shape index (κ3) is 5.15. The lowest BCUT2D eigenvalue weighted by molar-refractivity contribution is 0.227. The molecule has 0 aliphatic carbocycles. The van der Waals surface area contributed by atoms with Gasteiger partial charge >= 0.3 is 0 Å². The van der Waals surface area contributed by atoms with E-state index in [0.717, 1.165) is 18.7 Å². The SMILES string of the molecule is CC(NCC(C)(C)CN(C)C)c1ccc(F)cc1. The van der Waals surface area contributed by atoms with Crippen LogP contribution < -0.4 is 5.32 Å². The summed E-state index contributed by atoms with van der Waals surface area (Å²) in [6, 6.07) is 6.95. The van der Waals surface area contributed by atoms with Gasteiger partial charge in [0.2, 0.25) is 0 Å². The molecule has 18 heavy (non-hydrogen) atoms. The molecule has 1 unspecified atom stereocenters. The Kier molecular flexibility index (Phi) is 5.29. The molecule has 0 heterocycles. The van der Waals surface area contributed by atoms with Gasteiger partial charge in [-0.1, -0.05) is 26.0 Å². The number of benzene rings is 1. The molecule has 102 valence electrons. The van der Waals surface area contributed by atoms with Crippen molar-refractivity contribution in [1.82, 2.24) is 10.2 Å². The molecule has 1 aromatic rings. The van der Waals surface area contributed by atoms with Gasteiger partial charge in [0.25, 0.3) is 0 Å². The summed E-state index contributed by atoms with van der Waals surface area (Å²) < 4.78 is 12.8. The molecule has 1 N–H and O–H groups in total. The molecular formula is C15H25FN2. The van der Waals surface area contributed by atoms with Gasteiger partial charge in [-0.25, -0.2) is 4.39 Å². The molecular weight excluding hydrogens is 227 g/mol. The van der Waals surface area contributed by atoms with Crippen molar-refractivity contribution in [3.05, 3.63) is 35.6 Å². The average molecular weight is 252 g/mol. The number of hydrogen-bond donors (Lipinski definition) is 1. The molecule has 0 aromatic heterocycles. The second-order valence-electron chi connectivity index (χ2n) is 6.06. The Hall–Kier alpha value is -0.930. The predicted molar refractivity (Wildman–Crippen MR) is 75.2 cm³/mol. The first-order chi connectivity index (χ1) is 8.30. The topological polar surface area (TPSA) is 15.3 Å². The van der Waals surface area contributed by atoms with E-state index < -0.39 is 0 Å². The Bertz CT molecular complexity index is 357. The summed E-state index contributed by atoms with van der Waals surface area (Å²) in [5.41, 5.74) is 1.34. The van der Waals surface area contributed by atoms with Crippen LogP contribution in [0, 0.1) is 11.2 Å². The zero-order valence-electron chi connectivity index (χ0n) is 12.1. The summed E-state index contributed by atoms with van der Waals surface area (Å²) >= 11 is 0. The lowest BCUT2D eigenvalue weighted by atomic mass is 9.92. The standard InChI is InChI=1S/C15H25FN2/c1-12(13-6-8-14(16)9-7-13)17-10-15(2,3)11-18(4)5/h6-9,12,17H,10-11H2,1-5H3. The highest BCUT2D eigenvalue weighted by atomic mass is 19.1. The van der Waals surface area contributed by atoms with E-state index in [2.05, 4.69) is 45.1 Å². The van der Waals surface area contributed by atoms with Gasteiger partial charge in [-0.3, -0.25) is 0 Å². The summed E-state index contributed by atoms with van der Waals surface area (Å²) in [5, 5.41) is 3.51. The van der Waals surface area contributed by atoms with Crippen LogP contribution in [0.5, 0.6) is 0 Å². The first-order valence-electron chi connectivity index (χ1n) is 6.44. The summed E-state index contributed by atoms with van der Waals surface area (Å²) in [4.78, 5) is 2.20. The maximum Gasteiger partial charge on any atom is 0.123 e. The Morgan fingerprint density at radius 3 is 2.28 bits per heavy atom. The van der Waals surface area contributed by atoms with Crippen molar-refractivity contribution in [1.29, 1.82) is 0 Å². The minimum absolute atomic E-state index is 0.182. The van der Waals surface area contributed by atoms with Gasteiger partial charge in [0.05, 0.1) is 0 Å². The largest absolute Gasteiger partial charge is 0.310 e. The first-order valence-corrected chi connectivity index (χ1v) is 6.44. The summed E-state index contributed by atoms with van der Waals surface area (Å²) in [7, 11) is 4.18. The molecule has 0 saturated carbocycles. The van der Waals surface area contributed by atoms with Crippen molar-refractivity contribution >= 4 is 0 Å². The third-order valence-corrected chi connectivity index (χ3v) is 3.00. The predicted octanol–water partition coefficient (Wildman–Crippen LogP) is 3.06. The highest BCUT2D eigenvalue weighted by Gasteiger charge is 2.19. The van der Waals surface area contributed by atoms with Crippen LogP contribution in [0.25, 0.3) is 0 Å². The van der Waals surface area contributed by atoms with Crippen molar-refractivity contribution in [2.75, 3.05) is 27.2 Å². The van der Waals surface area contributed by atoms with Crippen molar-refractivity contribution in [2.24, 2.45) is 5.41 Å². The average Bonchev–Trinajstić information content (AvgIpc) is 2.25. The van der Waals surface area contributed by atoms with Gasteiger partial charge in [0.15, 0.2) is 0 Å². The number of nitrogens with one attached hydrogen (secondary N) is 1. The second kappa shape index (κ2) is 6.30. The lowest BCUT2D eigenvalue weighted by Crippen LogP contribution is -2.38. The fourth-order valence-corrected chi connectivity index (χ4v) is 2.21. The monoisotopic (exact) mass is 252 g/mol. The van der Waals surface area contributed by atoms with Crippen LogP contribution in [-0.4, -0.2) is 32.1 Å². The smallest absolute Gasteiger partial charge is 0.123 e. The van der Waals surface area contributed by atoms with E-state index in [0.29, 0.717) is 0 Å². The molecule has 2 nitrogen and oxygen atoms in total. The molecule has 0 aliphatic heterocycles. The van der Waals surface area contributed by atoms with Crippen molar-refractivity contribution < 1.29 is 4.39 Å². The van der Waals surface area contributed by atoms with Crippen LogP contribution in [0.4, 0.5) is 4.39 Å². The van der Waals surface area contributed by atoms with Crippen molar-refractivity contribution in [2.45, 2.75) is 26.8 Å². The zero-order chi connectivity index (χ0) is 13.8. The van der Waals surface area contributed by atoms with Gasteiger partial charge in [0.1, 0.15) is 5.82 Å². The van der Waals surface area contributed by atoms with Gasteiger partial charge in [-0.15, -0.1) is 0 Å². The second-order valence-corrected chi connectivity index (χ2v) is 6.06. The zero-order valence-corrected chi connectivity index (χ0v) is 12.1. The summed E-state index contributed by atoms with van der Waals surface area (Å²) in [6.45, 7) is 8.58. The van der Waals surface area contributed by atoms with E-state index in [-0.39, 0.29) is 17.3 Å². The summed E-state index contributed by atoms with van der Waals surface area (Å²) in [5.74, 6) is -0.182. The van der Waals surface area contributed by atoms with Crippen LogP contribution >= 0.6 is 0 Å². The maximum absolute atomic E-state index is 12.8. The number of rotatable bonds is 6. The van der Waals surface area contributed by atoms with E-state index in [9.17, 15) is 4.39 Å². The van der Waals surface area contributed by atoms with Crippen LogP contribution in [0.15, 0.2) is 24.3 Å². The molecule has 1 rings (SSSR count). The minimum Gasteiger partial charge on any atom is -0.310 e. The maximum atomic E-state index is 12.8. The minimum atomic E-state index is -0.182. The molecule has 1 aromatic carbocycles. The van der Waals surface area contributed by atoms with Gasteiger partial charge < -0.3 is 10.2 Å². The van der Waals surface area contributed by atoms with Crippen molar-refractivity contribution in [3.63, 3.8) is 0 Å². The van der Waals surface area contributed by atoms with Crippen LogP contribution in [-0.2, 0) is 0 Å². The molecule has 0 bridgehead atoms. The van der Waals surface area contributed by atoms with Gasteiger partial charge in [-0.05, 0) is 44.1 Å². The number of halogens is 1. The van der Waals surface area contributed by atoms with E-state index in [1.54, 1.807) is 0 Å². The highest BCUT2D eigenvalue weighted by Crippen LogP contribution is 2.18. The lowest BCUT2D eigenvalue weighted by Gasteiger charge is -2.30. The molecule has 0 amide bonds. The summed E-state index contributed by atoms with van der Waals surface area (Å²) in [6.07, 6.45) is 0. The van der Waals surface area contributed by atoms with Gasteiger partial charge in [-0.2, -0.15) is 0 Å². The Balaban J connectivity index is 2.50. The molecule has 0 radical (unpaired) electrons. The first kappa shape index (κ1) is 15.1. The fraction of sp³-hybridized carbons (Fsp3) is 0.600. The normalized spacial score (nSPS) is 13.9. The van der Waals surface area contributed by atoms with Crippen LogP contribution in [0.2, 0.25) is 0 Å². The Labute approximate surface area is 110 Å². The molecule has 1 atom stereocenters. The van der Waals surface area contributed by atoms with E-state index in [4.69, 9.17) is 0 Å². The third-order valence-electron chi connectivity index (χ3n) is 3.00. The fourth-order valence-electron chi connectivity index (χ4n) is 2.21. The highest BCUT2D eigenvalue weighted by molar-refractivity contribution is 5.19. The Morgan fingerprint density at radius 1 is 1.22 bits per heavy atom. The Morgan fingerprint density at radius 2 is 1.78 bits per heavy atom. The van der Waals surface area contributed by atoms with Crippen LogP contribution in [0.1, 0.15) is 32.4 Å². The quantitative estimate of drug-likeness (QED) is 0.837. The molecule has 0 saturated heterocycles. The van der Waals surface area contributed by atoms with E-state index in [1.807, 2.05) is 12.1 Å². The molecule has 0 fully saturated rings. The van der Waals surface area contributed by atoms with Crippen LogP contribution in [0.3, 0.4) is 0 Å². The number of nitrogens with zero attached hydrogens (tertiary/aromatic N) is 1. The van der Waals surface area contributed by atoms with Crippen molar-refractivity contribution in [3.8, 4) is 0 Å². The van der Waals surface area contributed by atoms with E-state index in [1.165, 1.54) is 12.1 Å².